The number of anilines is 1. The van der Waals surface area contributed by atoms with Gasteiger partial charge in [0.1, 0.15) is 6.26 Å². The lowest BCUT2D eigenvalue weighted by molar-refractivity contribution is -0.118. The summed E-state index contributed by atoms with van der Waals surface area (Å²) in [5.41, 5.74) is 0.801. The fourth-order valence-corrected chi connectivity index (χ4v) is 1.55. The Morgan fingerprint density at radius 2 is 2.19 bits per heavy atom. The fourth-order valence-electron chi connectivity index (χ4n) is 1.55. The van der Waals surface area contributed by atoms with Gasteiger partial charge in [-0.1, -0.05) is 19.8 Å². The highest BCUT2D eigenvalue weighted by molar-refractivity contribution is 5.91. The first-order chi connectivity index (χ1) is 7.69. The van der Waals surface area contributed by atoms with Crippen molar-refractivity contribution in [1.29, 1.82) is 0 Å². The molecule has 1 heterocycles. The average molecular weight is 224 g/mol. The summed E-state index contributed by atoms with van der Waals surface area (Å²) in [5, 5.41) is 0. The highest BCUT2D eigenvalue weighted by Crippen LogP contribution is 2.15. The van der Waals surface area contributed by atoms with E-state index in [9.17, 15) is 4.79 Å². The van der Waals surface area contributed by atoms with Crippen molar-refractivity contribution in [2.75, 3.05) is 11.4 Å². The van der Waals surface area contributed by atoms with Crippen molar-refractivity contribution in [1.82, 2.24) is 4.98 Å². The second kappa shape index (κ2) is 6.30. The zero-order chi connectivity index (χ0) is 12.0. The Morgan fingerprint density at radius 3 is 2.69 bits per heavy atom. The van der Waals surface area contributed by atoms with E-state index in [1.54, 1.807) is 11.2 Å². The van der Waals surface area contributed by atoms with E-state index in [2.05, 4.69) is 11.9 Å². The number of hydrogen-bond donors (Lipinski definition) is 0. The van der Waals surface area contributed by atoms with Crippen LogP contribution in [0.15, 0.2) is 10.7 Å². The largest absolute Gasteiger partial charge is 0.431 e. The number of aromatic nitrogens is 1. The monoisotopic (exact) mass is 224 g/mol. The minimum absolute atomic E-state index is 0.0952. The summed E-state index contributed by atoms with van der Waals surface area (Å²) in [6.45, 7) is 6.50. The quantitative estimate of drug-likeness (QED) is 0.698. The number of hydrogen-bond acceptors (Lipinski definition) is 3. The van der Waals surface area contributed by atoms with Crippen molar-refractivity contribution in [3.8, 4) is 0 Å². The highest BCUT2D eigenvalue weighted by atomic mass is 16.4. The Bertz CT molecular complexity index is 334. The van der Waals surface area contributed by atoms with Crippen molar-refractivity contribution in [3.63, 3.8) is 0 Å². The third kappa shape index (κ3) is 3.36. The van der Waals surface area contributed by atoms with E-state index in [-0.39, 0.29) is 5.91 Å². The van der Waals surface area contributed by atoms with Crippen LogP contribution in [0.2, 0.25) is 0 Å². The van der Waals surface area contributed by atoms with Crippen LogP contribution >= 0.6 is 0 Å². The summed E-state index contributed by atoms with van der Waals surface area (Å²) in [7, 11) is 0. The van der Waals surface area contributed by atoms with Gasteiger partial charge in [-0.3, -0.25) is 9.69 Å². The van der Waals surface area contributed by atoms with Crippen LogP contribution in [-0.4, -0.2) is 17.4 Å². The summed E-state index contributed by atoms with van der Waals surface area (Å²) in [6, 6.07) is 0.418. The molecule has 4 heteroatoms. The van der Waals surface area contributed by atoms with E-state index in [0.717, 1.165) is 25.0 Å². The third-order valence-corrected chi connectivity index (χ3v) is 2.45. The maximum atomic E-state index is 11.9. The van der Waals surface area contributed by atoms with Gasteiger partial charge in [0, 0.05) is 13.0 Å². The van der Waals surface area contributed by atoms with E-state index >= 15 is 0 Å². The lowest BCUT2D eigenvalue weighted by Crippen LogP contribution is -2.30. The van der Waals surface area contributed by atoms with E-state index in [0.29, 0.717) is 19.0 Å². The molecule has 1 rings (SSSR count). The van der Waals surface area contributed by atoms with Crippen LogP contribution in [0, 0.1) is 6.92 Å². The number of carbonyl (C=O) groups is 1. The van der Waals surface area contributed by atoms with Crippen molar-refractivity contribution >= 4 is 11.9 Å². The predicted octanol–water partition coefficient (Wildman–Crippen LogP) is 2.92. The Kier molecular flexibility index (Phi) is 5.02. The zero-order valence-corrected chi connectivity index (χ0v) is 10.3. The predicted molar refractivity (Wildman–Crippen MR) is 63.4 cm³/mol. The van der Waals surface area contributed by atoms with Crippen molar-refractivity contribution in [2.45, 2.75) is 46.5 Å². The molecule has 1 amide bonds. The second-order valence-electron chi connectivity index (χ2n) is 3.87. The van der Waals surface area contributed by atoms with E-state index in [1.165, 1.54) is 0 Å². The summed E-state index contributed by atoms with van der Waals surface area (Å²) < 4.78 is 5.24. The number of rotatable bonds is 6. The van der Waals surface area contributed by atoms with Crippen LogP contribution in [0.1, 0.15) is 45.2 Å². The first kappa shape index (κ1) is 12.7. The van der Waals surface area contributed by atoms with Gasteiger partial charge in [-0.05, 0) is 20.3 Å². The molecule has 0 radical (unpaired) electrons. The molecular formula is C12H20N2O2. The van der Waals surface area contributed by atoms with Gasteiger partial charge in [-0.25, -0.2) is 0 Å². The van der Waals surface area contributed by atoms with Gasteiger partial charge in [0.2, 0.25) is 5.91 Å². The zero-order valence-electron chi connectivity index (χ0n) is 10.3. The molecule has 0 saturated heterocycles. The number of unbranched alkanes of at least 4 members (excludes halogenated alkanes) is 2. The number of oxazole rings is 1. The second-order valence-corrected chi connectivity index (χ2v) is 3.87. The van der Waals surface area contributed by atoms with Gasteiger partial charge in [0.15, 0.2) is 0 Å². The van der Waals surface area contributed by atoms with Gasteiger partial charge in [-0.2, -0.15) is 4.98 Å². The van der Waals surface area contributed by atoms with Gasteiger partial charge >= 0.3 is 6.01 Å². The van der Waals surface area contributed by atoms with Crippen LogP contribution in [-0.2, 0) is 4.79 Å². The molecule has 0 aliphatic rings. The maximum absolute atomic E-state index is 11.9. The third-order valence-electron chi connectivity index (χ3n) is 2.45. The van der Waals surface area contributed by atoms with E-state index in [4.69, 9.17) is 4.42 Å². The van der Waals surface area contributed by atoms with Gasteiger partial charge < -0.3 is 4.42 Å². The summed E-state index contributed by atoms with van der Waals surface area (Å²) in [4.78, 5) is 17.7. The molecule has 1 aromatic heterocycles. The normalized spacial score (nSPS) is 10.4. The summed E-state index contributed by atoms with van der Waals surface area (Å²) in [6.07, 6.45) is 5.29. The lowest BCUT2D eigenvalue weighted by Gasteiger charge is -2.15. The average Bonchev–Trinajstić information content (AvgIpc) is 2.66. The molecule has 0 unspecified atom stereocenters. The Morgan fingerprint density at radius 1 is 1.44 bits per heavy atom. The number of aryl methyl sites for hydroxylation is 1. The topological polar surface area (TPSA) is 46.3 Å². The molecule has 0 aromatic carbocycles. The van der Waals surface area contributed by atoms with Crippen molar-refractivity contribution in [3.05, 3.63) is 12.0 Å². The molecule has 0 fully saturated rings. The Labute approximate surface area is 96.7 Å². The van der Waals surface area contributed by atoms with Gasteiger partial charge in [-0.15, -0.1) is 0 Å². The fraction of sp³-hybridized carbons (Fsp3) is 0.667. The van der Waals surface area contributed by atoms with Gasteiger partial charge in [0.05, 0.1) is 5.69 Å². The summed E-state index contributed by atoms with van der Waals surface area (Å²) >= 11 is 0. The number of nitrogens with zero attached hydrogens (tertiary/aromatic N) is 2. The first-order valence-corrected chi connectivity index (χ1v) is 5.91. The van der Waals surface area contributed by atoms with E-state index < -0.39 is 0 Å². The SMILES string of the molecule is CCCCCC(=O)N(CC)c1nc(C)co1. The van der Waals surface area contributed by atoms with Crippen molar-refractivity contribution < 1.29 is 9.21 Å². The molecule has 1 aromatic rings. The molecule has 0 spiro atoms. The molecule has 4 nitrogen and oxygen atoms in total. The van der Waals surface area contributed by atoms with Crippen LogP contribution in [0.4, 0.5) is 6.01 Å². The van der Waals surface area contributed by atoms with Crippen LogP contribution in [0.3, 0.4) is 0 Å². The first-order valence-electron chi connectivity index (χ1n) is 5.91. The molecule has 0 N–H and O–H groups in total. The molecular weight excluding hydrogens is 204 g/mol. The smallest absolute Gasteiger partial charge is 0.304 e. The molecule has 0 bridgehead atoms. The van der Waals surface area contributed by atoms with Crippen LogP contribution in [0.5, 0.6) is 0 Å². The molecule has 0 atom stereocenters. The molecule has 90 valence electrons. The molecule has 0 aliphatic carbocycles. The standard InChI is InChI=1S/C12H20N2O2/c1-4-6-7-8-11(15)14(5-2)12-13-10(3)9-16-12/h9H,4-8H2,1-3H3. The van der Waals surface area contributed by atoms with Gasteiger partial charge in [0.25, 0.3) is 0 Å². The van der Waals surface area contributed by atoms with Crippen LogP contribution in [0.25, 0.3) is 0 Å². The minimum atomic E-state index is 0.0952. The number of carbonyl (C=O) groups excluding carboxylic acids is 1. The summed E-state index contributed by atoms with van der Waals surface area (Å²) in [5.74, 6) is 0.0952. The minimum Gasteiger partial charge on any atom is -0.431 e. The Balaban J connectivity index is 2.56. The molecule has 0 saturated carbocycles. The molecule has 0 aliphatic heterocycles. The van der Waals surface area contributed by atoms with Crippen LogP contribution < -0.4 is 4.90 Å². The maximum Gasteiger partial charge on any atom is 0.304 e. The van der Waals surface area contributed by atoms with Crippen molar-refractivity contribution in [2.24, 2.45) is 0 Å². The molecule has 16 heavy (non-hydrogen) atoms. The number of amides is 1. The lowest BCUT2D eigenvalue weighted by atomic mass is 10.2. The van der Waals surface area contributed by atoms with E-state index in [1.807, 2.05) is 13.8 Å². The Hall–Kier alpha value is -1.32. The highest BCUT2D eigenvalue weighted by Gasteiger charge is 2.17.